The summed E-state index contributed by atoms with van der Waals surface area (Å²) in [6.45, 7) is 9.38. The first-order chi connectivity index (χ1) is 12.0. The molecule has 1 N–H and O–H groups in total. The zero-order chi connectivity index (χ0) is 18.0. The predicted octanol–water partition coefficient (Wildman–Crippen LogP) is 1.63. The number of aliphatic hydroxyl groups is 1. The highest BCUT2D eigenvalue weighted by Crippen LogP contribution is 2.19. The van der Waals surface area contributed by atoms with Gasteiger partial charge in [-0.1, -0.05) is 18.2 Å². The largest absolute Gasteiger partial charge is 0.392 e. The zero-order valence-corrected chi connectivity index (χ0v) is 15.1. The first-order valence-electron chi connectivity index (χ1n) is 8.77. The second-order valence-corrected chi connectivity index (χ2v) is 6.78. The summed E-state index contributed by atoms with van der Waals surface area (Å²) in [4.78, 5) is 17.0. The highest BCUT2D eigenvalue weighted by molar-refractivity contribution is 5.95. The molecule has 0 radical (unpaired) electrons. The molecule has 1 unspecified atom stereocenters. The average Bonchev–Trinajstić information content (AvgIpc) is 2.96. The van der Waals surface area contributed by atoms with Gasteiger partial charge in [0.15, 0.2) is 0 Å². The Balaban J connectivity index is 1.73. The van der Waals surface area contributed by atoms with Crippen molar-refractivity contribution in [2.24, 2.45) is 0 Å². The minimum atomic E-state index is -0.336. The van der Waals surface area contributed by atoms with E-state index in [0.717, 1.165) is 30.0 Å². The number of aliphatic hydroxyl groups excluding tert-OH is 1. The van der Waals surface area contributed by atoms with E-state index < -0.39 is 0 Å². The molecule has 1 saturated heterocycles. The van der Waals surface area contributed by atoms with E-state index in [4.69, 9.17) is 0 Å². The summed E-state index contributed by atoms with van der Waals surface area (Å²) in [6, 6.07) is 8.03. The molecule has 1 atom stereocenters. The van der Waals surface area contributed by atoms with Gasteiger partial charge in [-0.3, -0.25) is 9.69 Å². The number of hydrogen-bond donors (Lipinski definition) is 1. The molecule has 2 heterocycles. The van der Waals surface area contributed by atoms with Crippen LogP contribution in [0.5, 0.6) is 0 Å². The fourth-order valence-corrected chi connectivity index (χ4v) is 3.34. The van der Waals surface area contributed by atoms with Crippen LogP contribution in [0.3, 0.4) is 0 Å². The number of aromatic nitrogens is 2. The van der Waals surface area contributed by atoms with Crippen LogP contribution in [-0.2, 0) is 0 Å². The van der Waals surface area contributed by atoms with Gasteiger partial charge < -0.3 is 10.0 Å². The molecule has 0 saturated carbocycles. The van der Waals surface area contributed by atoms with Crippen molar-refractivity contribution in [1.82, 2.24) is 19.6 Å². The van der Waals surface area contributed by atoms with Crippen molar-refractivity contribution in [2.45, 2.75) is 26.9 Å². The number of para-hydroxylation sites is 1. The Hall–Kier alpha value is -2.18. The SMILES string of the molecule is Cc1ccccc1-n1ncc(C(=O)N2CCN(CC(C)O)CC2)c1C. The molecule has 0 bridgehead atoms. The molecule has 1 amide bonds. The normalized spacial score (nSPS) is 16.9. The average molecular weight is 342 g/mol. The van der Waals surface area contributed by atoms with E-state index in [9.17, 15) is 9.90 Å². The van der Waals surface area contributed by atoms with Crippen molar-refractivity contribution in [1.29, 1.82) is 0 Å². The lowest BCUT2D eigenvalue weighted by atomic mass is 10.1. The molecule has 0 aliphatic carbocycles. The summed E-state index contributed by atoms with van der Waals surface area (Å²) in [5.74, 6) is 0.0361. The van der Waals surface area contributed by atoms with Gasteiger partial charge in [0.25, 0.3) is 5.91 Å². The smallest absolute Gasteiger partial charge is 0.257 e. The molecule has 6 heteroatoms. The maximum atomic E-state index is 12.9. The van der Waals surface area contributed by atoms with E-state index in [0.29, 0.717) is 25.2 Å². The van der Waals surface area contributed by atoms with Gasteiger partial charge in [-0.15, -0.1) is 0 Å². The molecule has 1 aliphatic rings. The molecule has 134 valence electrons. The van der Waals surface area contributed by atoms with Gasteiger partial charge in [0.05, 0.1) is 29.2 Å². The Labute approximate surface area is 148 Å². The maximum Gasteiger partial charge on any atom is 0.257 e. The van der Waals surface area contributed by atoms with Gasteiger partial charge in [-0.25, -0.2) is 4.68 Å². The van der Waals surface area contributed by atoms with Crippen LogP contribution in [0.25, 0.3) is 5.69 Å². The Bertz CT molecular complexity index is 746. The van der Waals surface area contributed by atoms with Gasteiger partial charge in [0, 0.05) is 32.7 Å². The Morgan fingerprint density at radius 1 is 1.20 bits per heavy atom. The van der Waals surface area contributed by atoms with Crippen LogP contribution in [0.2, 0.25) is 0 Å². The third kappa shape index (κ3) is 3.75. The third-order valence-electron chi connectivity index (χ3n) is 4.77. The van der Waals surface area contributed by atoms with Gasteiger partial charge in [-0.2, -0.15) is 5.10 Å². The highest BCUT2D eigenvalue weighted by Gasteiger charge is 2.25. The predicted molar refractivity (Wildman–Crippen MR) is 97.1 cm³/mol. The Morgan fingerprint density at radius 3 is 2.52 bits per heavy atom. The van der Waals surface area contributed by atoms with E-state index in [2.05, 4.69) is 10.00 Å². The first kappa shape index (κ1) is 17.6. The quantitative estimate of drug-likeness (QED) is 0.917. The van der Waals surface area contributed by atoms with Gasteiger partial charge in [-0.05, 0) is 32.4 Å². The molecule has 25 heavy (non-hydrogen) atoms. The maximum absolute atomic E-state index is 12.9. The molecular weight excluding hydrogens is 316 g/mol. The minimum absolute atomic E-state index is 0.0361. The van der Waals surface area contributed by atoms with Gasteiger partial charge >= 0.3 is 0 Å². The third-order valence-corrected chi connectivity index (χ3v) is 4.77. The van der Waals surface area contributed by atoms with E-state index in [1.165, 1.54) is 0 Å². The lowest BCUT2D eigenvalue weighted by Crippen LogP contribution is -2.50. The van der Waals surface area contributed by atoms with Crippen LogP contribution in [-0.4, -0.2) is 69.4 Å². The number of rotatable bonds is 4. The lowest BCUT2D eigenvalue weighted by molar-refractivity contribution is 0.0553. The molecular formula is C19H26N4O2. The van der Waals surface area contributed by atoms with Gasteiger partial charge in [0.1, 0.15) is 0 Å². The van der Waals surface area contributed by atoms with Gasteiger partial charge in [0.2, 0.25) is 0 Å². The molecule has 6 nitrogen and oxygen atoms in total. The summed E-state index contributed by atoms with van der Waals surface area (Å²) in [5, 5.41) is 13.9. The number of hydrogen-bond acceptors (Lipinski definition) is 4. The molecule has 2 aromatic rings. The van der Waals surface area contributed by atoms with Crippen LogP contribution in [0, 0.1) is 13.8 Å². The lowest BCUT2D eigenvalue weighted by Gasteiger charge is -2.35. The zero-order valence-electron chi connectivity index (χ0n) is 15.1. The summed E-state index contributed by atoms with van der Waals surface area (Å²) in [5.41, 5.74) is 3.65. The number of piperazine rings is 1. The number of nitrogens with zero attached hydrogens (tertiary/aromatic N) is 4. The van der Waals surface area contributed by atoms with Crippen LogP contribution in [0.4, 0.5) is 0 Å². The van der Waals surface area contributed by atoms with Crippen molar-refractivity contribution in [3.8, 4) is 5.69 Å². The van der Waals surface area contributed by atoms with Crippen molar-refractivity contribution >= 4 is 5.91 Å². The first-order valence-corrected chi connectivity index (χ1v) is 8.77. The highest BCUT2D eigenvalue weighted by atomic mass is 16.3. The van der Waals surface area contributed by atoms with Crippen molar-refractivity contribution in [3.05, 3.63) is 47.3 Å². The van der Waals surface area contributed by atoms with E-state index in [1.54, 1.807) is 13.1 Å². The van der Waals surface area contributed by atoms with Crippen LogP contribution < -0.4 is 0 Å². The number of carbonyl (C=O) groups is 1. The van der Waals surface area contributed by atoms with Crippen molar-refractivity contribution < 1.29 is 9.90 Å². The molecule has 1 fully saturated rings. The second kappa shape index (κ2) is 7.37. The van der Waals surface area contributed by atoms with E-state index in [-0.39, 0.29) is 12.0 Å². The van der Waals surface area contributed by atoms with Crippen molar-refractivity contribution in [2.75, 3.05) is 32.7 Å². The van der Waals surface area contributed by atoms with E-state index in [1.807, 2.05) is 47.7 Å². The van der Waals surface area contributed by atoms with Crippen LogP contribution in [0.15, 0.2) is 30.5 Å². The minimum Gasteiger partial charge on any atom is -0.392 e. The summed E-state index contributed by atoms with van der Waals surface area (Å²) in [7, 11) is 0. The van der Waals surface area contributed by atoms with Crippen LogP contribution >= 0.6 is 0 Å². The van der Waals surface area contributed by atoms with Crippen molar-refractivity contribution in [3.63, 3.8) is 0 Å². The van der Waals surface area contributed by atoms with Crippen LogP contribution in [0.1, 0.15) is 28.5 Å². The molecule has 1 aliphatic heterocycles. The Morgan fingerprint density at radius 2 is 1.88 bits per heavy atom. The standard InChI is InChI=1S/C19H26N4O2/c1-14-6-4-5-7-18(14)23-16(3)17(12-20-23)19(25)22-10-8-21(9-11-22)13-15(2)24/h4-7,12,15,24H,8-11,13H2,1-3H3. The fraction of sp³-hybridized carbons (Fsp3) is 0.474. The number of amides is 1. The molecule has 0 spiro atoms. The number of carbonyl (C=O) groups excluding carboxylic acids is 1. The number of benzene rings is 1. The topological polar surface area (TPSA) is 61.6 Å². The molecule has 1 aromatic heterocycles. The summed E-state index contributed by atoms with van der Waals surface area (Å²) in [6.07, 6.45) is 1.34. The summed E-state index contributed by atoms with van der Waals surface area (Å²) >= 11 is 0. The molecule has 1 aromatic carbocycles. The summed E-state index contributed by atoms with van der Waals surface area (Å²) < 4.78 is 1.84. The Kier molecular flexibility index (Phi) is 5.20. The number of β-amino-alcohol motifs (C(OH)–C–C–N with tert-alkyl or cyclic N) is 1. The monoisotopic (exact) mass is 342 g/mol. The fourth-order valence-electron chi connectivity index (χ4n) is 3.34. The number of aryl methyl sites for hydroxylation is 1. The van der Waals surface area contributed by atoms with E-state index >= 15 is 0 Å². The molecule has 3 rings (SSSR count). The second-order valence-electron chi connectivity index (χ2n) is 6.78.